The zero-order chi connectivity index (χ0) is 28.0. The predicted octanol–water partition coefficient (Wildman–Crippen LogP) is 12.0. The molecule has 0 N–H and O–H groups in total. The molecule has 1 aliphatic rings. The summed E-state index contributed by atoms with van der Waals surface area (Å²) in [6, 6.07) is 49.8. The van der Waals surface area contributed by atoms with Crippen molar-refractivity contribution >= 4 is 53.1 Å². The van der Waals surface area contributed by atoms with Gasteiger partial charge in [0.15, 0.2) is 0 Å². The van der Waals surface area contributed by atoms with E-state index in [1.54, 1.807) is 0 Å². The number of benzene rings is 7. The molecule has 0 spiro atoms. The van der Waals surface area contributed by atoms with Gasteiger partial charge in [0.1, 0.15) is 0 Å². The lowest BCUT2D eigenvalue weighted by Gasteiger charge is -2.22. The number of hydrogen-bond donors (Lipinski definition) is 0. The van der Waals surface area contributed by atoms with Crippen LogP contribution in [0.2, 0.25) is 0 Å². The summed E-state index contributed by atoms with van der Waals surface area (Å²) in [6.07, 6.45) is 0. The van der Waals surface area contributed by atoms with E-state index in [1.165, 1.54) is 86.2 Å². The van der Waals surface area contributed by atoms with Crippen LogP contribution in [0.25, 0.3) is 75.1 Å². The Hall–Kier alpha value is -4.72. The molecule has 0 atom stereocenters. The molecule has 0 amide bonds. The Morgan fingerprint density at radius 1 is 0.429 bits per heavy atom. The number of rotatable bonds is 2. The Kier molecular flexibility index (Phi) is 4.93. The van der Waals surface area contributed by atoms with Gasteiger partial charge in [-0.2, -0.15) is 0 Å². The van der Waals surface area contributed by atoms with Crippen molar-refractivity contribution in [2.45, 2.75) is 19.3 Å². The van der Waals surface area contributed by atoms with Crippen LogP contribution in [0.5, 0.6) is 0 Å². The third-order valence-electron chi connectivity index (χ3n) is 9.47. The molecule has 1 aromatic heterocycles. The summed E-state index contributed by atoms with van der Waals surface area (Å²) in [6.45, 7) is 4.72. The SMILES string of the molecule is CC1(C)c2ccccc2-c2cc3ccc4ccc(-c5ccc(-c6cccc7c6sc6ccccc67)cc5)cc4c3cc21. The van der Waals surface area contributed by atoms with E-state index in [9.17, 15) is 0 Å². The molecule has 1 aliphatic carbocycles. The molecule has 42 heavy (non-hydrogen) atoms. The summed E-state index contributed by atoms with van der Waals surface area (Å²) in [4.78, 5) is 0. The molecule has 9 rings (SSSR count). The van der Waals surface area contributed by atoms with E-state index in [0.29, 0.717) is 0 Å². The summed E-state index contributed by atoms with van der Waals surface area (Å²) in [5.74, 6) is 0. The lowest BCUT2D eigenvalue weighted by molar-refractivity contribution is 0.661. The Labute approximate surface area is 249 Å². The second-order valence-electron chi connectivity index (χ2n) is 12.1. The molecule has 198 valence electrons. The second-order valence-corrected chi connectivity index (χ2v) is 13.2. The number of hydrogen-bond acceptors (Lipinski definition) is 1. The van der Waals surface area contributed by atoms with E-state index in [4.69, 9.17) is 0 Å². The van der Waals surface area contributed by atoms with Crippen molar-refractivity contribution in [3.63, 3.8) is 0 Å². The maximum atomic E-state index is 2.46. The van der Waals surface area contributed by atoms with Crippen molar-refractivity contribution in [3.8, 4) is 33.4 Å². The van der Waals surface area contributed by atoms with Gasteiger partial charge in [0.25, 0.3) is 0 Å². The molecule has 8 aromatic rings. The molecule has 0 fully saturated rings. The fraction of sp³-hybridized carbons (Fsp3) is 0.0732. The van der Waals surface area contributed by atoms with Crippen LogP contribution in [0.15, 0.2) is 133 Å². The van der Waals surface area contributed by atoms with Gasteiger partial charge >= 0.3 is 0 Å². The van der Waals surface area contributed by atoms with Gasteiger partial charge in [-0.05, 0) is 90.3 Å². The van der Waals surface area contributed by atoms with Crippen LogP contribution in [0.3, 0.4) is 0 Å². The van der Waals surface area contributed by atoms with Crippen molar-refractivity contribution in [2.24, 2.45) is 0 Å². The third-order valence-corrected chi connectivity index (χ3v) is 10.7. The van der Waals surface area contributed by atoms with Crippen molar-refractivity contribution in [1.82, 2.24) is 0 Å². The van der Waals surface area contributed by atoms with E-state index in [-0.39, 0.29) is 5.41 Å². The minimum atomic E-state index is -0.00695. The van der Waals surface area contributed by atoms with Crippen LogP contribution in [-0.4, -0.2) is 0 Å². The molecule has 0 aliphatic heterocycles. The first-order valence-corrected chi connectivity index (χ1v) is 15.5. The molecular formula is C41H28S. The zero-order valence-electron chi connectivity index (χ0n) is 23.6. The molecule has 0 radical (unpaired) electrons. The van der Waals surface area contributed by atoms with Crippen molar-refractivity contribution in [2.75, 3.05) is 0 Å². The van der Waals surface area contributed by atoms with Crippen LogP contribution in [0.1, 0.15) is 25.0 Å². The van der Waals surface area contributed by atoms with E-state index in [2.05, 4.69) is 147 Å². The van der Waals surface area contributed by atoms with Crippen molar-refractivity contribution in [3.05, 3.63) is 145 Å². The van der Waals surface area contributed by atoms with Gasteiger partial charge in [-0.1, -0.05) is 123 Å². The van der Waals surface area contributed by atoms with Gasteiger partial charge in [0, 0.05) is 25.6 Å². The smallest absolute Gasteiger partial charge is 0.0433 e. The normalized spacial score (nSPS) is 13.7. The first kappa shape index (κ1) is 23.9. The molecule has 0 unspecified atom stereocenters. The van der Waals surface area contributed by atoms with E-state index >= 15 is 0 Å². The molecule has 0 saturated carbocycles. The molecule has 1 heterocycles. The number of thiophene rings is 1. The van der Waals surface area contributed by atoms with Gasteiger partial charge in [-0.15, -0.1) is 11.3 Å². The summed E-state index contributed by atoms with van der Waals surface area (Å²) in [5.41, 5.74) is 10.7. The Balaban J connectivity index is 1.16. The molecule has 0 nitrogen and oxygen atoms in total. The Bertz CT molecular complexity index is 2370. The lowest BCUT2D eigenvalue weighted by Crippen LogP contribution is -2.14. The molecule has 0 bridgehead atoms. The van der Waals surface area contributed by atoms with Gasteiger partial charge in [0.05, 0.1) is 0 Å². The van der Waals surface area contributed by atoms with Gasteiger partial charge in [0.2, 0.25) is 0 Å². The maximum absolute atomic E-state index is 2.46. The van der Waals surface area contributed by atoms with Crippen LogP contribution in [0, 0.1) is 0 Å². The molecule has 1 heteroatoms. The Morgan fingerprint density at radius 2 is 1.10 bits per heavy atom. The lowest BCUT2D eigenvalue weighted by atomic mass is 9.81. The van der Waals surface area contributed by atoms with E-state index in [0.717, 1.165) is 0 Å². The van der Waals surface area contributed by atoms with Crippen LogP contribution >= 0.6 is 11.3 Å². The third kappa shape index (κ3) is 3.35. The van der Waals surface area contributed by atoms with Crippen molar-refractivity contribution in [1.29, 1.82) is 0 Å². The quantitative estimate of drug-likeness (QED) is 0.187. The molecular weight excluding hydrogens is 525 g/mol. The topological polar surface area (TPSA) is 0 Å². The fourth-order valence-corrected chi connectivity index (χ4v) is 8.48. The van der Waals surface area contributed by atoms with Gasteiger partial charge in [-0.25, -0.2) is 0 Å². The highest BCUT2D eigenvalue weighted by Gasteiger charge is 2.35. The fourth-order valence-electron chi connectivity index (χ4n) is 7.25. The first-order valence-electron chi connectivity index (χ1n) is 14.7. The average molecular weight is 553 g/mol. The molecule has 7 aromatic carbocycles. The van der Waals surface area contributed by atoms with E-state index < -0.39 is 0 Å². The van der Waals surface area contributed by atoms with Crippen LogP contribution in [-0.2, 0) is 5.41 Å². The van der Waals surface area contributed by atoms with Gasteiger partial charge in [-0.3, -0.25) is 0 Å². The summed E-state index contributed by atoms with van der Waals surface area (Å²) < 4.78 is 2.71. The van der Waals surface area contributed by atoms with Crippen molar-refractivity contribution < 1.29 is 0 Å². The highest BCUT2D eigenvalue weighted by atomic mass is 32.1. The second kappa shape index (κ2) is 8.64. The minimum Gasteiger partial charge on any atom is -0.135 e. The summed E-state index contributed by atoms with van der Waals surface area (Å²) in [5, 5.41) is 7.93. The average Bonchev–Trinajstić information content (AvgIpc) is 3.52. The number of fused-ring (bicyclic) bond motifs is 9. The highest BCUT2D eigenvalue weighted by molar-refractivity contribution is 7.26. The minimum absolute atomic E-state index is 0.00695. The predicted molar refractivity (Wildman–Crippen MR) is 183 cm³/mol. The van der Waals surface area contributed by atoms with Gasteiger partial charge < -0.3 is 0 Å². The monoisotopic (exact) mass is 552 g/mol. The van der Waals surface area contributed by atoms with E-state index in [1.807, 2.05) is 11.3 Å². The zero-order valence-corrected chi connectivity index (χ0v) is 24.4. The molecule has 0 saturated heterocycles. The Morgan fingerprint density at radius 3 is 2.00 bits per heavy atom. The van der Waals surface area contributed by atoms with Crippen LogP contribution < -0.4 is 0 Å². The van der Waals surface area contributed by atoms with Crippen LogP contribution in [0.4, 0.5) is 0 Å². The standard InChI is InChI=1S/C41H28S/c1-41(2)37-12-5-3-8-31(37)36-23-29-21-19-27-18-20-28(22-34(27)35(29)24-38(36)41)25-14-16-26(17-15-25)30-10-7-11-33-32-9-4-6-13-39(32)42-40(30)33/h3-24H,1-2H3. The largest absolute Gasteiger partial charge is 0.135 e. The highest BCUT2D eigenvalue weighted by Crippen LogP contribution is 2.50. The summed E-state index contributed by atoms with van der Waals surface area (Å²) >= 11 is 1.89. The summed E-state index contributed by atoms with van der Waals surface area (Å²) in [7, 11) is 0. The maximum Gasteiger partial charge on any atom is 0.0433 e. The first-order chi connectivity index (χ1) is 20.6.